The summed E-state index contributed by atoms with van der Waals surface area (Å²) in [6.07, 6.45) is 8.65. The van der Waals surface area contributed by atoms with Crippen molar-refractivity contribution in [1.82, 2.24) is 4.90 Å². The summed E-state index contributed by atoms with van der Waals surface area (Å²) in [6, 6.07) is 5.50. The maximum Gasteiger partial charge on any atom is 0.455 e. The van der Waals surface area contributed by atoms with Gasteiger partial charge in [-0.3, -0.25) is 4.79 Å². The van der Waals surface area contributed by atoms with Crippen LogP contribution in [0.3, 0.4) is 0 Å². The number of allylic oxidation sites excluding steroid dienone is 2. The zero-order chi connectivity index (χ0) is 21.1. The van der Waals surface area contributed by atoms with E-state index in [1.807, 2.05) is 42.5 Å². The molecule has 0 saturated carbocycles. The van der Waals surface area contributed by atoms with Gasteiger partial charge in [0.1, 0.15) is 5.75 Å². The number of hydrogen-bond donors (Lipinski definition) is 0. The molecule has 1 aromatic rings. The Morgan fingerprint density at radius 1 is 1.33 bits per heavy atom. The van der Waals surface area contributed by atoms with Gasteiger partial charge >= 0.3 is 5.91 Å². The lowest BCUT2D eigenvalue weighted by Crippen LogP contribution is -2.49. The van der Waals surface area contributed by atoms with Gasteiger partial charge < -0.3 is 19.1 Å². The van der Waals surface area contributed by atoms with Crippen LogP contribution in [-0.2, 0) is 19.1 Å². The first-order valence-electron chi connectivity index (χ1n) is 9.68. The highest BCUT2D eigenvalue weighted by Gasteiger charge is 2.41. The summed E-state index contributed by atoms with van der Waals surface area (Å²) >= 11 is 3.46. The minimum atomic E-state index is -0.418. The molecule has 0 N–H and O–H groups in total. The van der Waals surface area contributed by atoms with Crippen molar-refractivity contribution < 1.29 is 28.4 Å². The molecule has 8 heteroatoms. The quantitative estimate of drug-likeness (QED) is 0.495. The summed E-state index contributed by atoms with van der Waals surface area (Å²) in [6.45, 7) is 2.07. The number of halogens is 1. The zero-order valence-corrected chi connectivity index (χ0v) is 18.1. The van der Waals surface area contributed by atoms with E-state index < -0.39 is 6.10 Å². The first kappa shape index (κ1) is 20.6. The van der Waals surface area contributed by atoms with Gasteiger partial charge in [-0.1, -0.05) is 18.2 Å². The van der Waals surface area contributed by atoms with Gasteiger partial charge in [-0.05, 0) is 45.8 Å². The number of carbonyl (C=O) groups excluding carboxylic acids is 2. The lowest BCUT2D eigenvalue weighted by Gasteiger charge is -2.27. The monoisotopic (exact) mass is 473 g/mol. The number of benzene rings is 1. The fourth-order valence-corrected chi connectivity index (χ4v) is 4.08. The number of carbonyl (C=O) groups is 2. The van der Waals surface area contributed by atoms with E-state index in [9.17, 15) is 9.59 Å². The molecule has 0 bridgehead atoms. The maximum atomic E-state index is 13.2. The molecule has 2 amide bonds. The van der Waals surface area contributed by atoms with Gasteiger partial charge in [0.05, 0.1) is 24.8 Å². The number of hydrogen-bond acceptors (Lipinski definition) is 5. The second-order valence-electron chi connectivity index (χ2n) is 6.99. The van der Waals surface area contributed by atoms with Crippen LogP contribution in [0.15, 0.2) is 52.7 Å². The Hall–Kier alpha value is -2.71. The highest BCUT2D eigenvalue weighted by molar-refractivity contribution is 9.10. The third-order valence-electron chi connectivity index (χ3n) is 5.11. The summed E-state index contributed by atoms with van der Waals surface area (Å²) in [5.41, 5.74) is 1.45. The van der Waals surface area contributed by atoms with E-state index in [0.717, 1.165) is 10.0 Å². The Kier molecular flexibility index (Phi) is 6.15. The number of fused-ring (bicyclic) bond motifs is 1. The van der Waals surface area contributed by atoms with Crippen LogP contribution in [-0.4, -0.2) is 73.1 Å². The van der Waals surface area contributed by atoms with E-state index in [-0.39, 0.29) is 24.1 Å². The van der Waals surface area contributed by atoms with Crippen LogP contribution < -0.4 is 4.74 Å². The Balaban J connectivity index is 1.64. The van der Waals surface area contributed by atoms with Crippen LogP contribution in [0.1, 0.15) is 5.56 Å². The number of methoxy groups -OCH3 is 1. The van der Waals surface area contributed by atoms with Gasteiger partial charge in [0.15, 0.2) is 0 Å². The molecule has 30 heavy (non-hydrogen) atoms. The average Bonchev–Trinajstić information content (AvgIpc) is 2.77. The molecule has 0 spiro atoms. The molecule has 1 atom stereocenters. The third-order valence-corrected chi connectivity index (χ3v) is 5.73. The molecular weight excluding hydrogens is 452 g/mol. The van der Waals surface area contributed by atoms with Crippen LogP contribution in [0, 0.1) is 0 Å². The van der Waals surface area contributed by atoms with Crippen molar-refractivity contribution in [2.45, 2.75) is 6.10 Å². The molecule has 1 fully saturated rings. The zero-order valence-electron chi connectivity index (χ0n) is 16.5. The van der Waals surface area contributed by atoms with Crippen molar-refractivity contribution in [3.05, 3.63) is 58.3 Å². The lowest BCUT2D eigenvalue weighted by atomic mass is 10.1. The van der Waals surface area contributed by atoms with Crippen molar-refractivity contribution in [3.63, 3.8) is 0 Å². The highest BCUT2D eigenvalue weighted by Crippen LogP contribution is 2.28. The Morgan fingerprint density at radius 2 is 2.13 bits per heavy atom. The predicted molar refractivity (Wildman–Crippen MR) is 114 cm³/mol. The maximum absolute atomic E-state index is 13.2. The molecule has 2 heterocycles. The number of ether oxygens (including phenoxy) is 3. The van der Waals surface area contributed by atoms with Gasteiger partial charge in [0.25, 0.3) is 5.91 Å². The second kappa shape index (κ2) is 8.97. The fraction of sp³-hybridized carbons (Fsp3) is 0.318. The number of morpholine rings is 1. The van der Waals surface area contributed by atoms with Crippen LogP contribution in [0.2, 0.25) is 0 Å². The number of amides is 2. The number of rotatable bonds is 4. The van der Waals surface area contributed by atoms with E-state index in [4.69, 9.17) is 14.2 Å². The van der Waals surface area contributed by atoms with E-state index in [0.29, 0.717) is 37.8 Å². The molecule has 3 aliphatic rings. The molecule has 4 rings (SSSR count). The smallest absolute Gasteiger partial charge is 0.455 e. The summed E-state index contributed by atoms with van der Waals surface area (Å²) < 4.78 is 18.8. The largest absolute Gasteiger partial charge is 0.496 e. The predicted octanol–water partition coefficient (Wildman–Crippen LogP) is 2.16. The Morgan fingerprint density at radius 3 is 2.87 bits per heavy atom. The minimum Gasteiger partial charge on any atom is -0.496 e. The summed E-state index contributed by atoms with van der Waals surface area (Å²) in [4.78, 5) is 27.8. The SMILES string of the molecule is COc1ccc(/C=C2/OC3C=CC=CC3=[N+](CC(=O)N3CCOCC3)C2=O)cc1Br. The van der Waals surface area contributed by atoms with Crippen molar-refractivity contribution in [2.24, 2.45) is 0 Å². The molecule has 2 aliphatic heterocycles. The highest BCUT2D eigenvalue weighted by atomic mass is 79.9. The van der Waals surface area contributed by atoms with Crippen LogP contribution in [0.5, 0.6) is 5.75 Å². The fourth-order valence-electron chi connectivity index (χ4n) is 3.52. The van der Waals surface area contributed by atoms with E-state index in [2.05, 4.69) is 15.9 Å². The van der Waals surface area contributed by atoms with Crippen LogP contribution in [0.4, 0.5) is 0 Å². The minimum absolute atomic E-state index is 0.0319. The lowest BCUT2D eigenvalue weighted by molar-refractivity contribution is -0.444. The molecule has 1 saturated heterocycles. The van der Waals surface area contributed by atoms with Gasteiger partial charge in [0, 0.05) is 19.2 Å². The first-order valence-corrected chi connectivity index (χ1v) is 10.5. The molecule has 1 aromatic carbocycles. The number of nitrogens with zero attached hydrogens (tertiary/aromatic N) is 2. The molecule has 1 aliphatic carbocycles. The molecule has 1 unspecified atom stereocenters. The van der Waals surface area contributed by atoms with Gasteiger partial charge in [0.2, 0.25) is 24.1 Å². The van der Waals surface area contributed by atoms with Gasteiger partial charge in [-0.25, -0.2) is 4.79 Å². The Bertz CT molecular complexity index is 989. The normalized spacial score (nSPS) is 22.2. The summed E-state index contributed by atoms with van der Waals surface area (Å²) in [7, 11) is 1.59. The second-order valence-corrected chi connectivity index (χ2v) is 7.85. The van der Waals surface area contributed by atoms with Crippen molar-refractivity contribution in [2.75, 3.05) is 40.0 Å². The van der Waals surface area contributed by atoms with Crippen LogP contribution in [0.25, 0.3) is 6.08 Å². The van der Waals surface area contributed by atoms with Crippen molar-refractivity contribution >= 4 is 39.5 Å². The molecular formula is C22H22BrN2O5+. The van der Waals surface area contributed by atoms with Crippen molar-refractivity contribution in [3.8, 4) is 5.75 Å². The Labute approximate surface area is 183 Å². The average molecular weight is 474 g/mol. The van der Waals surface area contributed by atoms with Crippen LogP contribution >= 0.6 is 15.9 Å². The molecule has 7 nitrogen and oxygen atoms in total. The van der Waals surface area contributed by atoms with Crippen molar-refractivity contribution in [1.29, 1.82) is 0 Å². The molecule has 156 valence electrons. The standard InChI is InChI=1S/C22H22BrN2O5/c1-28-18-7-6-15(12-16(18)23)13-20-22(27)25(17-4-2-3-5-19(17)30-20)14-21(26)24-8-10-29-11-9-24/h2-7,12-13,19H,8-11,14H2,1H3/q+1/b20-13+. The summed E-state index contributed by atoms with van der Waals surface area (Å²) in [5.74, 6) is 0.446. The first-order chi connectivity index (χ1) is 14.6. The van der Waals surface area contributed by atoms with Gasteiger partial charge in [-0.15, -0.1) is 4.58 Å². The van der Waals surface area contributed by atoms with E-state index in [1.54, 1.807) is 18.1 Å². The van der Waals surface area contributed by atoms with Gasteiger partial charge in [-0.2, -0.15) is 0 Å². The van der Waals surface area contributed by atoms with E-state index >= 15 is 0 Å². The topological polar surface area (TPSA) is 68.1 Å². The third kappa shape index (κ3) is 4.24. The molecule has 0 aromatic heterocycles. The van der Waals surface area contributed by atoms with E-state index in [1.165, 1.54) is 4.58 Å². The molecule has 0 radical (unpaired) electrons. The summed E-state index contributed by atoms with van der Waals surface area (Å²) in [5, 5.41) is 0.